The van der Waals surface area contributed by atoms with Gasteiger partial charge in [0.25, 0.3) is 11.8 Å². The lowest BCUT2D eigenvalue weighted by Crippen LogP contribution is -2.48. The van der Waals surface area contributed by atoms with Gasteiger partial charge in [0.05, 0.1) is 0 Å². The molecule has 3 amide bonds. The van der Waals surface area contributed by atoms with Crippen LogP contribution >= 0.6 is 0 Å². The van der Waals surface area contributed by atoms with E-state index in [2.05, 4.69) is 24.1 Å². The molecule has 0 spiro atoms. The van der Waals surface area contributed by atoms with Crippen LogP contribution in [0.5, 0.6) is 0 Å². The Morgan fingerprint density at radius 3 is 2.62 bits per heavy atom. The summed E-state index contributed by atoms with van der Waals surface area (Å²) in [5.74, 6) is 0.103. The van der Waals surface area contributed by atoms with Crippen LogP contribution < -0.4 is 5.32 Å². The molecule has 1 N–H and O–H groups in total. The maximum Gasteiger partial charge on any atom is 0.269 e. The van der Waals surface area contributed by atoms with Gasteiger partial charge in [-0.1, -0.05) is 13.8 Å². The average molecular weight is 332 g/mol. The highest BCUT2D eigenvalue weighted by Crippen LogP contribution is 2.09. The predicted octanol–water partition coefficient (Wildman–Crippen LogP) is 0.772. The van der Waals surface area contributed by atoms with Crippen LogP contribution in [0.25, 0.3) is 0 Å². The molecule has 0 radical (unpaired) electrons. The molecule has 0 aromatic carbocycles. The summed E-state index contributed by atoms with van der Waals surface area (Å²) in [5.41, 5.74) is 0.690. The summed E-state index contributed by atoms with van der Waals surface area (Å²) in [5, 5.41) is 2.82. The molecular formula is C17H24N4O3. The predicted molar refractivity (Wildman–Crippen MR) is 89.6 cm³/mol. The smallest absolute Gasteiger partial charge is 0.269 e. The van der Waals surface area contributed by atoms with Crippen molar-refractivity contribution in [2.75, 3.05) is 32.7 Å². The SMILES string of the molecule is CC(C)CCNC(=O)c1cc(C(=O)N2CCN(C=O)CC2)ccn1. The molecule has 1 aromatic rings. The highest BCUT2D eigenvalue weighted by molar-refractivity contribution is 5.98. The molecule has 1 aromatic heterocycles. The van der Waals surface area contributed by atoms with Gasteiger partial charge in [-0.05, 0) is 24.5 Å². The number of rotatable bonds is 6. The molecule has 130 valence electrons. The zero-order chi connectivity index (χ0) is 17.5. The summed E-state index contributed by atoms with van der Waals surface area (Å²) in [6, 6.07) is 3.14. The van der Waals surface area contributed by atoms with Gasteiger partial charge in [0.15, 0.2) is 0 Å². The van der Waals surface area contributed by atoms with Crippen molar-refractivity contribution < 1.29 is 14.4 Å². The normalized spacial score (nSPS) is 14.6. The molecule has 1 aliphatic rings. The van der Waals surface area contributed by atoms with Crippen LogP contribution in [0.2, 0.25) is 0 Å². The van der Waals surface area contributed by atoms with Crippen LogP contribution in [0.1, 0.15) is 41.1 Å². The van der Waals surface area contributed by atoms with Gasteiger partial charge >= 0.3 is 0 Å². The van der Waals surface area contributed by atoms with E-state index in [0.29, 0.717) is 44.2 Å². The second kappa shape index (κ2) is 8.42. The topological polar surface area (TPSA) is 82.6 Å². The first kappa shape index (κ1) is 17.9. The van der Waals surface area contributed by atoms with E-state index < -0.39 is 0 Å². The van der Waals surface area contributed by atoms with Crippen LogP contribution in [0.4, 0.5) is 0 Å². The maximum absolute atomic E-state index is 12.5. The Labute approximate surface area is 142 Å². The van der Waals surface area contributed by atoms with E-state index >= 15 is 0 Å². The minimum absolute atomic E-state index is 0.140. The summed E-state index contributed by atoms with van der Waals surface area (Å²) < 4.78 is 0. The fourth-order valence-corrected chi connectivity index (χ4v) is 2.47. The van der Waals surface area contributed by atoms with Crippen molar-refractivity contribution in [2.45, 2.75) is 20.3 Å². The van der Waals surface area contributed by atoms with Crippen molar-refractivity contribution in [3.63, 3.8) is 0 Å². The number of aromatic nitrogens is 1. The lowest BCUT2D eigenvalue weighted by atomic mass is 10.1. The van der Waals surface area contributed by atoms with Crippen molar-refractivity contribution >= 4 is 18.2 Å². The Morgan fingerprint density at radius 1 is 1.29 bits per heavy atom. The Balaban J connectivity index is 1.97. The van der Waals surface area contributed by atoms with Crippen LogP contribution in [0.15, 0.2) is 18.3 Å². The van der Waals surface area contributed by atoms with Crippen molar-refractivity contribution in [1.82, 2.24) is 20.1 Å². The maximum atomic E-state index is 12.5. The number of carbonyl (C=O) groups is 3. The van der Waals surface area contributed by atoms with E-state index in [1.165, 1.54) is 12.3 Å². The summed E-state index contributed by atoms with van der Waals surface area (Å²) in [4.78, 5) is 42.8. The average Bonchev–Trinajstić information content (AvgIpc) is 2.61. The van der Waals surface area contributed by atoms with Gasteiger partial charge in [0.2, 0.25) is 6.41 Å². The van der Waals surface area contributed by atoms with E-state index in [-0.39, 0.29) is 17.5 Å². The summed E-state index contributed by atoms with van der Waals surface area (Å²) in [6.07, 6.45) is 3.17. The number of pyridine rings is 1. The minimum atomic E-state index is -0.268. The first-order chi connectivity index (χ1) is 11.5. The standard InChI is InChI=1S/C17H24N4O3/c1-13(2)3-5-19-16(23)15-11-14(4-6-18-15)17(24)21-9-7-20(12-22)8-10-21/h4,6,11-13H,3,5,7-10H2,1-2H3,(H,19,23). The van der Waals surface area contributed by atoms with Gasteiger partial charge in [0.1, 0.15) is 5.69 Å². The Kier molecular flexibility index (Phi) is 6.28. The van der Waals surface area contributed by atoms with E-state index in [0.717, 1.165) is 12.8 Å². The zero-order valence-corrected chi connectivity index (χ0v) is 14.2. The Hall–Kier alpha value is -2.44. The molecule has 0 aliphatic carbocycles. The largest absolute Gasteiger partial charge is 0.351 e. The molecule has 7 heteroatoms. The fraction of sp³-hybridized carbons (Fsp3) is 0.529. The summed E-state index contributed by atoms with van der Waals surface area (Å²) >= 11 is 0. The third-order valence-corrected chi connectivity index (χ3v) is 4.00. The lowest BCUT2D eigenvalue weighted by molar-refractivity contribution is -0.119. The number of nitrogens with one attached hydrogen (secondary N) is 1. The van der Waals surface area contributed by atoms with Crippen molar-refractivity contribution in [3.05, 3.63) is 29.6 Å². The first-order valence-electron chi connectivity index (χ1n) is 8.24. The Bertz CT molecular complexity index is 595. The summed E-state index contributed by atoms with van der Waals surface area (Å²) in [6.45, 7) is 6.82. The summed E-state index contributed by atoms with van der Waals surface area (Å²) in [7, 11) is 0. The number of amides is 3. The van der Waals surface area contributed by atoms with Crippen molar-refractivity contribution in [2.24, 2.45) is 5.92 Å². The van der Waals surface area contributed by atoms with E-state index in [1.54, 1.807) is 15.9 Å². The highest BCUT2D eigenvalue weighted by atomic mass is 16.2. The third kappa shape index (κ3) is 4.78. The van der Waals surface area contributed by atoms with Gasteiger partial charge in [-0.2, -0.15) is 0 Å². The molecule has 1 aliphatic heterocycles. The number of nitrogens with zero attached hydrogens (tertiary/aromatic N) is 3. The lowest BCUT2D eigenvalue weighted by Gasteiger charge is -2.32. The molecule has 1 fully saturated rings. The van der Waals surface area contributed by atoms with Gasteiger partial charge in [-0.25, -0.2) is 0 Å². The highest BCUT2D eigenvalue weighted by Gasteiger charge is 2.22. The van der Waals surface area contributed by atoms with Gasteiger partial charge in [0, 0.05) is 44.5 Å². The molecule has 2 heterocycles. The van der Waals surface area contributed by atoms with Gasteiger partial charge in [-0.3, -0.25) is 19.4 Å². The molecule has 1 saturated heterocycles. The zero-order valence-electron chi connectivity index (χ0n) is 14.2. The van der Waals surface area contributed by atoms with Crippen molar-refractivity contribution in [3.8, 4) is 0 Å². The Morgan fingerprint density at radius 2 is 2.00 bits per heavy atom. The van der Waals surface area contributed by atoms with Gasteiger partial charge < -0.3 is 15.1 Å². The third-order valence-electron chi connectivity index (χ3n) is 4.00. The first-order valence-corrected chi connectivity index (χ1v) is 8.24. The second-order valence-electron chi connectivity index (χ2n) is 6.30. The van der Waals surface area contributed by atoms with Crippen LogP contribution in [0.3, 0.4) is 0 Å². The number of hydrogen-bond donors (Lipinski definition) is 1. The number of hydrogen-bond acceptors (Lipinski definition) is 4. The molecule has 0 unspecified atom stereocenters. The van der Waals surface area contributed by atoms with Crippen LogP contribution in [-0.4, -0.2) is 65.7 Å². The number of carbonyl (C=O) groups excluding carboxylic acids is 3. The molecule has 2 rings (SSSR count). The van der Waals surface area contributed by atoms with E-state index in [1.807, 2.05) is 0 Å². The molecule has 7 nitrogen and oxygen atoms in total. The molecule has 24 heavy (non-hydrogen) atoms. The molecule has 0 saturated carbocycles. The second-order valence-corrected chi connectivity index (χ2v) is 6.30. The quantitative estimate of drug-likeness (QED) is 0.780. The van der Waals surface area contributed by atoms with Crippen LogP contribution in [-0.2, 0) is 4.79 Å². The fourth-order valence-electron chi connectivity index (χ4n) is 2.47. The van der Waals surface area contributed by atoms with Crippen LogP contribution in [0, 0.1) is 5.92 Å². The van der Waals surface area contributed by atoms with E-state index in [4.69, 9.17) is 0 Å². The van der Waals surface area contributed by atoms with Gasteiger partial charge in [-0.15, -0.1) is 0 Å². The monoisotopic (exact) mass is 332 g/mol. The molecule has 0 bridgehead atoms. The molecule has 0 atom stereocenters. The minimum Gasteiger partial charge on any atom is -0.351 e. The molecular weight excluding hydrogens is 308 g/mol. The van der Waals surface area contributed by atoms with E-state index in [9.17, 15) is 14.4 Å². The van der Waals surface area contributed by atoms with Crippen molar-refractivity contribution in [1.29, 1.82) is 0 Å². The number of piperazine rings is 1.